The third-order valence-electron chi connectivity index (χ3n) is 2.17. The zero-order valence-electron chi connectivity index (χ0n) is 7.95. The molecule has 0 spiro atoms. The molecule has 0 aromatic heterocycles. The average molecular weight is 200 g/mol. The molecule has 4 heteroatoms. The molecule has 1 unspecified atom stereocenters. The first-order valence-electron chi connectivity index (χ1n) is 4.63. The van der Waals surface area contributed by atoms with Crippen molar-refractivity contribution in [3.05, 3.63) is 0 Å². The number of nitrogens with one attached hydrogen (secondary N) is 1. The number of thioether (sulfide) groups is 1. The quantitative estimate of drug-likeness (QED) is 0.735. The number of ether oxygens (including phenoxy) is 1. The van der Waals surface area contributed by atoms with Gasteiger partial charge in [-0.25, -0.2) is 0 Å². The summed E-state index contributed by atoms with van der Waals surface area (Å²) < 4.78 is 5.27. The van der Waals surface area contributed by atoms with Gasteiger partial charge in [-0.2, -0.15) is 17.0 Å². The Hall–Kier alpha value is -0.240. The van der Waals surface area contributed by atoms with Gasteiger partial charge in [-0.15, -0.1) is 0 Å². The Morgan fingerprint density at radius 2 is 2.31 bits per heavy atom. The van der Waals surface area contributed by atoms with Gasteiger partial charge in [0.15, 0.2) is 0 Å². The minimum absolute atomic E-state index is 0.00663. The molecule has 3 nitrogen and oxygen atoms in total. The van der Waals surface area contributed by atoms with Gasteiger partial charge in [0.1, 0.15) is 6.04 Å². The van der Waals surface area contributed by atoms with Crippen LogP contribution >= 0.6 is 11.8 Å². The predicted molar refractivity (Wildman–Crippen MR) is 54.8 cm³/mol. The highest BCUT2D eigenvalue weighted by Gasteiger charge is 2.15. The minimum Gasteiger partial charge on any atom is -0.381 e. The fourth-order valence-electron chi connectivity index (χ4n) is 1.26. The molecule has 0 aliphatic carbocycles. The van der Waals surface area contributed by atoms with Gasteiger partial charge in [0.05, 0.1) is 6.07 Å². The van der Waals surface area contributed by atoms with E-state index >= 15 is 0 Å². The molecule has 74 valence electrons. The molecule has 13 heavy (non-hydrogen) atoms. The first-order valence-corrected chi connectivity index (χ1v) is 5.68. The van der Waals surface area contributed by atoms with Crippen LogP contribution < -0.4 is 5.32 Å². The van der Waals surface area contributed by atoms with E-state index in [-0.39, 0.29) is 6.04 Å². The van der Waals surface area contributed by atoms with Crippen LogP contribution in [0.1, 0.15) is 12.8 Å². The van der Waals surface area contributed by atoms with Crippen molar-refractivity contribution in [2.24, 2.45) is 0 Å². The molecule has 1 saturated heterocycles. The van der Waals surface area contributed by atoms with E-state index in [4.69, 9.17) is 10.00 Å². The van der Waals surface area contributed by atoms with Crippen LogP contribution in [0.15, 0.2) is 0 Å². The molecule has 0 amide bonds. The maximum absolute atomic E-state index is 8.70. The van der Waals surface area contributed by atoms with Crippen LogP contribution in [-0.4, -0.2) is 37.3 Å². The van der Waals surface area contributed by atoms with Crippen LogP contribution in [0, 0.1) is 11.3 Å². The van der Waals surface area contributed by atoms with Gasteiger partial charge in [-0.3, -0.25) is 0 Å². The molecular weight excluding hydrogens is 184 g/mol. The Morgan fingerprint density at radius 3 is 2.85 bits per heavy atom. The first kappa shape index (κ1) is 10.8. The Bertz CT molecular complexity index is 175. The summed E-state index contributed by atoms with van der Waals surface area (Å²) in [6.07, 6.45) is 2.26. The Balaban J connectivity index is 2.13. The van der Waals surface area contributed by atoms with Gasteiger partial charge in [-0.1, -0.05) is 0 Å². The molecule has 1 aliphatic rings. The number of hydrogen-bond donors (Lipinski definition) is 1. The Labute approximate surface area is 83.8 Å². The molecule has 0 aromatic carbocycles. The van der Waals surface area contributed by atoms with Crippen LogP contribution in [0.4, 0.5) is 0 Å². The van der Waals surface area contributed by atoms with Crippen molar-refractivity contribution in [2.75, 3.05) is 26.0 Å². The van der Waals surface area contributed by atoms with E-state index in [1.54, 1.807) is 0 Å². The van der Waals surface area contributed by atoms with Crippen LogP contribution in [0.25, 0.3) is 0 Å². The largest absolute Gasteiger partial charge is 0.381 e. The fourth-order valence-corrected chi connectivity index (χ4v) is 2.49. The lowest BCUT2D eigenvalue weighted by Crippen LogP contribution is -2.28. The van der Waals surface area contributed by atoms with E-state index in [2.05, 4.69) is 11.4 Å². The number of hydrogen-bond acceptors (Lipinski definition) is 4. The van der Waals surface area contributed by atoms with Crippen LogP contribution in [-0.2, 0) is 4.74 Å². The maximum Gasteiger partial charge on any atom is 0.104 e. The van der Waals surface area contributed by atoms with Gasteiger partial charge >= 0.3 is 0 Å². The van der Waals surface area contributed by atoms with Crippen LogP contribution in [0.5, 0.6) is 0 Å². The summed E-state index contributed by atoms with van der Waals surface area (Å²) in [4.78, 5) is 0. The first-order chi connectivity index (χ1) is 6.36. The highest BCUT2D eigenvalue weighted by molar-refractivity contribution is 7.99. The second-order valence-corrected chi connectivity index (χ2v) is 4.45. The predicted octanol–water partition coefficient (Wildman–Crippen LogP) is 1.01. The van der Waals surface area contributed by atoms with Gasteiger partial charge in [0.25, 0.3) is 0 Å². The summed E-state index contributed by atoms with van der Waals surface area (Å²) in [5.74, 6) is 0.887. The topological polar surface area (TPSA) is 45.0 Å². The molecular formula is C9H16N2OS. The molecule has 1 atom stereocenters. The van der Waals surface area contributed by atoms with Gasteiger partial charge in [-0.05, 0) is 19.9 Å². The van der Waals surface area contributed by atoms with E-state index in [1.807, 2.05) is 18.8 Å². The van der Waals surface area contributed by atoms with Crippen LogP contribution in [0.3, 0.4) is 0 Å². The summed E-state index contributed by atoms with van der Waals surface area (Å²) in [7, 11) is 1.83. The van der Waals surface area contributed by atoms with E-state index in [0.717, 1.165) is 31.8 Å². The molecule has 1 heterocycles. The van der Waals surface area contributed by atoms with Crippen molar-refractivity contribution >= 4 is 11.8 Å². The zero-order valence-corrected chi connectivity index (χ0v) is 8.77. The maximum atomic E-state index is 8.70. The van der Waals surface area contributed by atoms with E-state index in [0.29, 0.717) is 5.25 Å². The molecule has 0 saturated carbocycles. The highest BCUT2D eigenvalue weighted by Crippen LogP contribution is 2.22. The molecule has 1 rings (SSSR count). The molecule has 0 bridgehead atoms. The molecule has 1 fully saturated rings. The smallest absolute Gasteiger partial charge is 0.104 e. The van der Waals surface area contributed by atoms with E-state index in [9.17, 15) is 0 Å². The highest BCUT2D eigenvalue weighted by atomic mass is 32.2. The van der Waals surface area contributed by atoms with E-state index in [1.165, 1.54) is 0 Å². The summed E-state index contributed by atoms with van der Waals surface area (Å²) in [5.41, 5.74) is 0. The standard InChI is InChI=1S/C9H16N2OS/c1-11-8(6-10)7-13-9-2-4-12-5-3-9/h8-9,11H,2-5,7H2,1H3. The summed E-state index contributed by atoms with van der Waals surface area (Å²) >= 11 is 1.89. The SMILES string of the molecule is CNC(C#N)CSC1CCOCC1. The Morgan fingerprint density at radius 1 is 1.62 bits per heavy atom. The number of nitriles is 1. The van der Waals surface area contributed by atoms with Crippen molar-refractivity contribution in [2.45, 2.75) is 24.1 Å². The summed E-state index contributed by atoms with van der Waals surface area (Å²) in [5, 5.41) is 12.4. The van der Waals surface area contributed by atoms with Crippen molar-refractivity contribution < 1.29 is 4.74 Å². The van der Waals surface area contributed by atoms with E-state index < -0.39 is 0 Å². The van der Waals surface area contributed by atoms with Gasteiger partial charge in [0, 0.05) is 24.2 Å². The lowest BCUT2D eigenvalue weighted by molar-refractivity contribution is 0.1000. The molecule has 0 aromatic rings. The number of nitrogens with zero attached hydrogens (tertiary/aromatic N) is 1. The summed E-state index contributed by atoms with van der Waals surface area (Å²) in [6.45, 7) is 1.77. The Kier molecular flexibility index (Phi) is 5.21. The lowest BCUT2D eigenvalue weighted by atomic mass is 10.2. The second kappa shape index (κ2) is 6.25. The monoisotopic (exact) mass is 200 g/mol. The van der Waals surface area contributed by atoms with Crippen LogP contribution in [0.2, 0.25) is 0 Å². The van der Waals surface area contributed by atoms with Crippen molar-refractivity contribution in [1.29, 1.82) is 5.26 Å². The molecule has 0 radical (unpaired) electrons. The number of rotatable bonds is 4. The zero-order chi connectivity index (χ0) is 9.52. The van der Waals surface area contributed by atoms with Crippen molar-refractivity contribution in [3.63, 3.8) is 0 Å². The van der Waals surface area contributed by atoms with Crippen molar-refractivity contribution in [3.8, 4) is 6.07 Å². The third-order valence-corrected chi connectivity index (χ3v) is 3.64. The lowest BCUT2D eigenvalue weighted by Gasteiger charge is -2.22. The fraction of sp³-hybridized carbons (Fsp3) is 0.889. The molecule has 1 N–H and O–H groups in total. The summed E-state index contributed by atoms with van der Waals surface area (Å²) in [6, 6.07) is 2.22. The van der Waals surface area contributed by atoms with Gasteiger partial charge in [0.2, 0.25) is 0 Å². The average Bonchev–Trinajstić information content (AvgIpc) is 2.21. The minimum atomic E-state index is -0.00663. The van der Waals surface area contributed by atoms with Crippen molar-refractivity contribution in [1.82, 2.24) is 5.32 Å². The van der Waals surface area contributed by atoms with Gasteiger partial charge < -0.3 is 10.1 Å². The third kappa shape index (κ3) is 3.99. The second-order valence-electron chi connectivity index (χ2n) is 3.12. The normalized spacial score (nSPS) is 20.9. The molecule has 1 aliphatic heterocycles.